The summed E-state index contributed by atoms with van der Waals surface area (Å²) < 4.78 is 32.8. The van der Waals surface area contributed by atoms with Gasteiger partial charge in [0, 0.05) is 19.0 Å². The molecule has 3 aromatic rings. The number of rotatable bonds is 4. The number of carbonyl (C=O) groups is 1. The minimum Gasteiger partial charge on any atom is -0.444 e. The smallest absolute Gasteiger partial charge is 0.410 e. The highest BCUT2D eigenvalue weighted by atomic mass is 19.1. The number of para-hydroxylation sites is 1. The normalized spacial score (nSPS) is 19.5. The van der Waals surface area contributed by atoms with Crippen molar-refractivity contribution in [3.8, 4) is 5.95 Å². The van der Waals surface area contributed by atoms with Crippen LogP contribution in [0, 0.1) is 5.82 Å². The van der Waals surface area contributed by atoms with Crippen LogP contribution in [-0.2, 0) is 9.47 Å². The van der Waals surface area contributed by atoms with E-state index in [2.05, 4.69) is 15.2 Å². The molecule has 0 unspecified atom stereocenters. The van der Waals surface area contributed by atoms with Crippen LogP contribution in [0.3, 0.4) is 0 Å². The van der Waals surface area contributed by atoms with Crippen molar-refractivity contribution in [3.05, 3.63) is 35.6 Å². The molecular formula is C23H30FN5O4. The van der Waals surface area contributed by atoms with Crippen LogP contribution in [0.1, 0.15) is 64.5 Å². The zero-order valence-electron chi connectivity index (χ0n) is 19.8. The van der Waals surface area contributed by atoms with Crippen LogP contribution >= 0.6 is 0 Å². The van der Waals surface area contributed by atoms with Crippen molar-refractivity contribution >= 4 is 17.0 Å². The molecule has 178 valence electrons. The fourth-order valence-corrected chi connectivity index (χ4v) is 4.11. The number of amides is 1. The standard InChI is InChI=1S/C23H30FN5O4/c1-13(2)18-15-8-7-9-16(24)19(15)29(26-18)21-25-20(33-27-21)14-10-11-28(12-17(14)31-6)22(30)32-23(3,4)5/h7-9,13-14,17H,10-12H2,1-6H3/t14-,17+/m0/s1. The maximum atomic E-state index is 14.7. The van der Waals surface area contributed by atoms with Crippen LogP contribution in [-0.4, -0.2) is 62.8 Å². The van der Waals surface area contributed by atoms with Crippen LogP contribution in [0.5, 0.6) is 0 Å². The largest absolute Gasteiger partial charge is 0.444 e. The maximum Gasteiger partial charge on any atom is 0.410 e. The lowest BCUT2D eigenvalue weighted by atomic mass is 9.94. The number of benzene rings is 1. The Kier molecular flexibility index (Phi) is 6.13. The molecule has 9 nitrogen and oxygen atoms in total. The minimum absolute atomic E-state index is 0.0944. The zero-order chi connectivity index (χ0) is 23.9. The van der Waals surface area contributed by atoms with Gasteiger partial charge in [-0.2, -0.15) is 14.8 Å². The van der Waals surface area contributed by atoms with E-state index in [4.69, 9.17) is 14.0 Å². The Labute approximate surface area is 191 Å². The molecule has 1 aliphatic rings. The monoisotopic (exact) mass is 459 g/mol. The van der Waals surface area contributed by atoms with E-state index in [-0.39, 0.29) is 30.0 Å². The molecule has 1 aliphatic heterocycles. The van der Waals surface area contributed by atoms with Gasteiger partial charge in [0.05, 0.1) is 24.3 Å². The number of carbonyl (C=O) groups excluding carboxylic acids is 1. The van der Waals surface area contributed by atoms with Crippen LogP contribution in [0.25, 0.3) is 16.9 Å². The van der Waals surface area contributed by atoms with Crippen molar-refractivity contribution in [2.24, 2.45) is 0 Å². The van der Waals surface area contributed by atoms with Gasteiger partial charge in [-0.1, -0.05) is 26.0 Å². The molecule has 33 heavy (non-hydrogen) atoms. The first kappa shape index (κ1) is 23.2. The number of piperidine rings is 1. The number of nitrogens with zero attached hydrogens (tertiary/aromatic N) is 5. The lowest BCUT2D eigenvalue weighted by molar-refractivity contribution is -0.0180. The van der Waals surface area contributed by atoms with Crippen LogP contribution < -0.4 is 0 Å². The maximum absolute atomic E-state index is 14.7. The SMILES string of the molecule is CO[C@@H]1CN(C(=O)OC(C)(C)C)CC[C@@H]1c1nc(-n2nc(C(C)C)c3cccc(F)c32)no1. The number of hydrogen-bond donors (Lipinski definition) is 0. The predicted octanol–water partition coefficient (Wildman–Crippen LogP) is 4.41. The van der Waals surface area contributed by atoms with Crippen molar-refractivity contribution in [1.82, 2.24) is 24.8 Å². The Bertz CT molecular complexity index is 1150. The highest BCUT2D eigenvalue weighted by Crippen LogP contribution is 2.32. The molecule has 1 aromatic carbocycles. The fraction of sp³-hybridized carbons (Fsp3) is 0.565. The molecule has 1 saturated heterocycles. The van der Waals surface area contributed by atoms with Crippen LogP contribution in [0.15, 0.2) is 22.7 Å². The van der Waals surface area contributed by atoms with Crippen molar-refractivity contribution in [2.45, 2.75) is 64.6 Å². The van der Waals surface area contributed by atoms with E-state index >= 15 is 0 Å². The van der Waals surface area contributed by atoms with Gasteiger partial charge < -0.3 is 18.9 Å². The summed E-state index contributed by atoms with van der Waals surface area (Å²) in [6, 6.07) is 4.89. The van der Waals surface area contributed by atoms with E-state index in [1.807, 2.05) is 40.7 Å². The molecule has 0 aliphatic carbocycles. The molecule has 3 heterocycles. The second-order valence-electron chi connectivity index (χ2n) is 9.62. The number of likely N-dealkylation sites (tertiary alicyclic amines) is 1. The first-order valence-electron chi connectivity index (χ1n) is 11.1. The van der Waals surface area contributed by atoms with Crippen molar-refractivity contribution in [1.29, 1.82) is 0 Å². The van der Waals surface area contributed by atoms with Gasteiger partial charge in [-0.3, -0.25) is 0 Å². The van der Waals surface area contributed by atoms with E-state index in [0.29, 0.717) is 30.9 Å². The number of aromatic nitrogens is 4. The highest BCUT2D eigenvalue weighted by Gasteiger charge is 2.37. The third-order valence-electron chi connectivity index (χ3n) is 5.68. The summed E-state index contributed by atoms with van der Waals surface area (Å²) in [5.41, 5.74) is 0.502. The first-order valence-corrected chi connectivity index (χ1v) is 11.1. The lowest BCUT2D eigenvalue weighted by Gasteiger charge is -2.36. The second kappa shape index (κ2) is 8.74. The molecule has 0 spiro atoms. The molecule has 4 rings (SSSR count). The van der Waals surface area contributed by atoms with Crippen molar-refractivity contribution in [2.75, 3.05) is 20.2 Å². The summed E-state index contributed by atoms with van der Waals surface area (Å²) >= 11 is 0. The molecule has 0 saturated carbocycles. The molecule has 1 fully saturated rings. The van der Waals surface area contributed by atoms with Gasteiger partial charge in [0.1, 0.15) is 16.9 Å². The molecule has 0 radical (unpaired) electrons. The second-order valence-corrected chi connectivity index (χ2v) is 9.62. The van der Waals surface area contributed by atoms with Crippen LogP contribution in [0.4, 0.5) is 9.18 Å². The Balaban J connectivity index is 1.60. The molecule has 2 atom stereocenters. The van der Waals surface area contributed by atoms with E-state index in [9.17, 15) is 9.18 Å². The molecule has 10 heteroatoms. The molecule has 0 bridgehead atoms. The van der Waals surface area contributed by atoms with Crippen LogP contribution in [0.2, 0.25) is 0 Å². The van der Waals surface area contributed by atoms with Crippen molar-refractivity contribution < 1.29 is 23.2 Å². The van der Waals surface area contributed by atoms with E-state index in [0.717, 1.165) is 11.1 Å². The zero-order valence-corrected chi connectivity index (χ0v) is 19.8. The van der Waals surface area contributed by atoms with E-state index in [1.54, 1.807) is 18.1 Å². The quantitative estimate of drug-likeness (QED) is 0.570. The number of halogens is 1. The Morgan fingerprint density at radius 1 is 1.30 bits per heavy atom. The van der Waals surface area contributed by atoms with Gasteiger partial charge in [0.25, 0.3) is 5.95 Å². The Morgan fingerprint density at radius 3 is 2.73 bits per heavy atom. The van der Waals surface area contributed by atoms with E-state index in [1.165, 1.54) is 10.7 Å². The van der Waals surface area contributed by atoms with Crippen molar-refractivity contribution in [3.63, 3.8) is 0 Å². The number of fused-ring (bicyclic) bond motifs is 1. The van der Waals surface area contributed by atoms with Gasteiger partial charge in [0.15, 0.2) is 0 Å². The number of ether oxygens (including phenoxy) is 2. The summed E-state index contributed by atoms with van der Waals surface area (Å²) in [7, 11) is 1.58. The summed E-state index contributed by atoms with van der Waals surface area (Å²) in [5, 5.41) is 9.38. The summed E-state index contributed by atoms with van der Waals surface area (Å²) in [6.45, 7) is 10.3. The number of methoxy groups -OCH3 is 1. The van der Waals surface area contributed by atoms with Gasteiger partial charge in [0.2, 0.25) is 5.89 Å². The number of hydrogen-bond acceptors (Lipinski definition) is 7. The third kappa shape index (κ3) is 4.57. The van der Waals surface area contributed by atoms with Gasteiger partial charge >= 0.3 is 6.09 Å². The summed E-state index contributed by atoms with van der Waals surface area (Å²) in [6.07, 6.45) is -0.170. The third-order valence-corrected chi connectivity index (χ3v) is 5.68. The van der Waals surface area contributed by atoms with Gasteiger partial charge in [-0.05, 0) is 44.3 Å². The average molecular weight is 460 g/mol. The Morgan fingerprint density at radius 2 is 2.06 bits per heavy atom. The summed E-state index contributed by atoms with van der Waals surface area (Å²) in [4.78, 5) is 18.6. The fourth-order valence-electron chi connectivity index (χ4n) is 4.11. The Hall–Kier alpha value is -3.01. The molecule has 0 N–H and O–H groups in total. The first-order chi connectivity index (χ1) is 15.6. The van der Waals surface area contributed by atoms with Gasteiger partial charge in [-0.25, -0.2) is 9.18 Å². The topological polar surface area (TPSA) is 95.5 Å². The summed E-state index contributed by atoms with van der Waals surface area (Å²) in [5.74, 6) is 0.00467. The minimum atomic E-state index is -0.575. The highest BCUT2D eigenvalue weighted by molar-refractivity contribution is 5.84. The molecule has 2 aromatic heterocycles. The molecular weight excluding hydrogens is 429 g/mol. The predicted molar refractivity (Wildman–Crippen MR) is 119 cm³/mol. The van der Waals surface area contributed by atoms with Gasteiger partial charge in [-0.15, -0.1) is 0 Å². The average Bonchev–Trinajstić information content (AvgIpc) is 3.37. The van der Waals surface area contributed by atoms with E-state index < -0.39 is 11.4 Å². The lowest BCUT2D eigenvalue weighted by Crippen LogP contribution is -2.48. The molecule has 1 amide bonds.